The van der Waals surface area contributed by atoms with Crippen LogP contribution in [0.15, 0.2) is 24.3 Å². The molecular weight excluding hydrogens is 282 g/mol. The van der Waals surface area contributed by atoms with Gasteiger partial charge in [-0.3, -0.25) is 0 Å². The summed E-state index contributed by atoms with van der Waals surface area (Å²) in [5, 5.41) is 0. The lowest BCUT2D eigenvalue weighted by Gasteiger charge is -2.19. The van der Waals surface area contributed by atoms with E-state index in [-0.39, 0.29) is 24.8 Å². The molecule has 22 heavy (non-hydrogen) atoms. The van der Waals surface area contributed by atoms with Crippen LogP contribution < -0.4 is 0 Å². The van der Waals surface area contributed by atoms with Crippen LogP contribution in [0.3, 0.4) is 0 Å². The molecule has 1 rings (SSSR count). The zero-order valence-electron chi connectivity index (χ0n) is 13.8. The van der Waals surface area contributed by atoms with Crippen LogP contribution in [-0.2, 0) is 9.47 Å². The second-order valence-electron chi connectivity index (χ2n) is 5.16. The maximum Gasteiger partial charge on any atom is 0.409 e. The molecule has 5 heteroatoms. The third kappa shape index (κ3) is 5.76. The van der Waals surface area contributed by atoms with Crippen molar-refractivity contribution in [3.63, 3.8) is 0 Å². The molecule has 0 saturated heterocycles. The van der Waals surface area contributed by atoms with E-state index in [2.05, 4.69) is 0 Å². The Labute approximate surface area is 132 Å². The number of hydrogen-bond donors (Lipinski definition) is 0. The zero-order chi connectivity index (χ0) is 16.5. The van der Waals surface area contributed by atoms with Gasteiger partial charge >= 0.3 is 12.1 Å². The molecule has 0 bridgehead atoms. The smallest absolute Gasteiger partial charge is 0.409 e. The quantitative estimate of drug-likeness (QED) is 0.724. The van der Waals surface area contributed by atoms with Gasteiger partial charge in [-0.05, 0) is 39.8 Å². The molecule has 0 aliphatic carbocycles. The summed E-state index contributed by atoms with van der Waals surface area (Å²) in [6.45, 7) is 9.02. The largest absolute Gasteiger partial charge is 0.459 e. The molecule has 0 N–H and O–H groups in total. The van der Waals surface area contributed by atoms with E-state index in [0.29, 0.717) is 25.1 Å². The van der Waals surface area contributed by atoms with E-state index < -0.39 is 0 Å². The van der Waals surface area contributed by atoms with Gasteiger partial charge in [0.15, 0.2) is 0 Å². The van der Waals surface area contributed by atoms with Crippen LogP contribution in [0.25, 0.3) is 0 Å². The molecule has 0 radical (unpaired) electrons. The van der Waals surface area contributed by atoms with Crippen molar-refractivity contribution in [2.75, 3.05) is 19.7 Å². The van der Waals surface area contributed by atoms with Gasteiger partial charge in [0.1, 0.15) is 6.10 Å². The van der Waals surface area contributed by atoms with Gasteiger partial charge in [0, 0.05) is 19.5 Å². The van der Waals surface area contributed by atoms with E-state index in [9.17, 15) is 9.59 Å². The van der Waals surface area contributed by atoms with Gasteiger partial charge in [0.2, 0.25) is 0 Å². The lowest BCUT2D eigenvalue weighted by Crippen LogP contribution is -2.31. The van der Waals surface area contributed by atoms with Crippen molar-refractivity contribution in [2.45, 2.75) is 40.2 Å². The van der Waals surface area contributed by atoms with Crippen molar-refractivity contribution < 1.29 is 19.1 Å². The Morgan fingerprint density at radius 2 is 1.73 bits per heavy atom. The fourth-order valence-electron chi connectivity index (χ4n) is 1.88. The molecule has 0 aliphatic rings. The average molecular weight is 307 g/mol. The number of esters is 1. The summed E-state index contributed by atoms with van der Waals surface area (Å²) in [5.74, 6) is -0.359. The molecule has 0 aromatic heterocycles. The predicted octanol–water partition coefficient (Wildman–Crippen LogP) is 3.41. The molecule has 5 nitrogen and oxygen atoms in total. The van der Waals surface area contributed by atoms with Gasteiger partial charge in [-0.15, -0.1) is 0 Å². The summed E-state index contributed by atoms with van der Waals surface area (Å²) < 4.78 is 10.5. The number of carbonyl (C=O) groups excluding carboxylic acids is 2. The third-order valence-corrected chi connectivity index (χ3v) is 3.37. The average Bonchev–Trinajstić information content (AvgIpc) is 2.49. The normalized spacial score (nSPS) is 11.6. The number of ether oxygens (including phenoxy) is 2. The van der Waals surface area contributed by atoms with Crippen LogP contribution >= 0.6 is 0 Å². The molecule has 1 aromatic carbocycles. The number of amides is 1. The Bertz CT molecular complexity index is 480. The molecule has 1 unspecified atom stereocenters. The van der Waals surface area contributed by atoms with Gasteiger partial charge in [-0.25, -0.2) is 9.59 Å². The highest BCUT2D eigenvalue weighted by Gasteiger charge is 2.14. The molecule has 0 aliphatic heterocycles. The summed E-state index contributed by atoms with van der Waals surface area (Å²) in [6.07, 6.45) is -0.162. The number of carbonyl (C=O) groups is 2. The third-order valence-electron chi connectivity index (χ3n) is 3.37. The highest BCUT2D eigenvalue weighted by molar-refractivity contribution is 5.89. The molecule has 122 valence electrons. The monoisotopic (exact) mass is 307 g/mol. The number of benzene rings is 1. The predicted molar refractivity (Wildman–Crippen MR) is 84.9 cm³/mol. The van der Waals surface area contributed by atoms with Gasteiger partial charge in [0.25, 0.3) is 0 Å². The van der Waals surface area contributed by atoms with Crippen molar-refractivity contribution in [2.24, 2.45) is 0 Å². The summed E-state index contributed by atoms with van der Waals surface area (Å²) in [4.78, 5) is 25.2. The second-order valence-corrected chi connectivity index (χ2v) is 5.16. The fourth-order valence-corrected chi connectivity index (χ4v) is 1.88. The van der Waals surface area contributed by atoms with Gasteiger partial charge in [0.05, 0.1) is 12.2 Å². The first-order valence-electron chi connectivity index (χ1n) is 7.67. The highest BCUT2D eigenvalue weighted by atomic mass is 16.6. The van der Waals surface area contributed by atoms with Crippen LogP contribution in [0, 0.1) is 6.92 Å². The number of nitrogens with zero attached hydrogens (tertiary/aromatic N) is 1. The van der Waals surface area contributed by atoms with Crippen molar-refractivity contribution >= 4 is 12.1 Å². The maximum absolute atomic E-state index is 11.9. The first-order chi connectivity index (χ1) is 10.5. The molecule has 0 saturated carbocycles. The topological polar surface area (TPSA) is 55.8 Å². The summed E-state index contributed by atoms with van der Waals surface area (Å²) in [6, 6.07) is 7.22. The van der Waals surface area contributed by atoms with E-state index in [1.54, 1.807) is 24.0 Å². The SMILES string of the molecule is CCN(CC)C(=O)OCCC(C)OC(=O)c1ccc(C)cc1. The standard InChI is InChI=1S/C17H25NO4/c1-5-18(6-2)17(20)21-12-11-14(4)22-16(19)15-9-7-13(3)8-10-15/h7-10,14H,5-6,11-12H2,1-4H3. The minimum absolute atomic E-state index is 0.234. The lowest BCUT2D eigenvalue weighted by atomic mass is 10.1. The molecule has 0 heterocycles. The van der Waals surface area contributed by atoms with E-state index in [4.69, 9.17) is 9.47 Å². The molecule has 0 spiro atoms. The Morgan fingerprint density at radius 1 is 1.14 bits per heavy atom. The molecule has 1 amide bonds. The highest BCUT2D eigenvalue weighted by Crippen LogP contribution is 2.08. The minimum atomic E-state index is -0.359. The van der Waals surface area contributed by atoms with Gasteiger partial charge in [-0.2, -0.15) is 0 Å². The van der Waals surface area contributed by atoms with Crippen LogP contribution in [-0.4, -0.2) is 42.8 Å². The summed E-state index contributed by atoms with van der Waals surface area (Å²) in [5.41, 5.74) is 1.62. The lowest BCUT2D eigenvalue weighted by molar-refractivity contribution is 0.0262. The van der Waals surface area contributed by atoms with Crippen molar-refractivity contribution in [1.82, 2.24) is 4.90 Å². The second kappa shape index (κ2) is 9.07. The molecule has 1 aromatic rings. The van der Waals surface area contributed by atoms with Crippen LogP contribution in [0.2, 0.25) is 0 Å². The molecular formula is C17H25NO4. The van der Waals surface area contributed by atoms with Crippen LogP contribution in [0.5, 0.6) is 0 Å². The number of aryl methyl sites for hydroxylation is 1. The minimum Gasteiger partial charge on any atom is -0.459 e. The van der Waals surface area contributed by atoms with Crippen molar-refractivity contribution in [1.29, 1.82) is 0 Å². The first-order valence-corrected chi connectivity index (χ1v) is 7.67. The number of rotatable bonds is 7. The fraction of sp³-hybridized carbons (Fsp3) is 0.529. The Morgan fingerprint density at radius 3 is 2.27 bits per heavy atom. The van der Waals surface area contributed by atoms with Gasteiger partial charge < -0.3 is 14.4 Å². The van der Waals surface area contributed by atoms with E-state index in [1.165, 1.54) is 0 Å². The number of hydrogen-bond acceptors (Lipinski definition) is 4. The zero-order valence-corrected chi connectivity index (χ0v) is 13.8. The first kappa shape index (κ1) is 18.0. The molecule has 1 atom stereocenters. The van der Waals surface area contributed by atoms with Crippen molar-refractivity contribution in [3.05, 3.63) is 35.4 Å². The van der Waals surface area contributed by atoms with E-state index in [0.717, 1.165) is 5.56 Å². The van der Waals surface area contributed by atoms with Gasteiger partial charge in [-0.1, -0.05) is 17.7 Å². The Hall–Kier alpha value is -2.04. The molecule has 0 fully saturated rings. The Balaban J connectivity index is 2.34. The summed E-state index contributed by atoms with van der Waals surface area (Å²) in [7, 11) is 0. The summed E-state index contributed by atoms with van der Waals surface area (Å²) >= 11 is 0. The maximum atomic E-state index is 11.9. The van der Waals surface area contributed by atoms with Crippen LogP contribution in [0.4, 0.5) is 4.79 Å². The van der Waals surface area contributed by atoms with Crippen molar-refractivity contribution in [3.8, 4) is 0 Å². The Kier molecular flexibility index (Phi) is 7.43. The van der Waals surface area contributed by atoms with Crippen LogP contribution in [0.1, 0.15) is 43.1 Å². The van der Waals surface area contributed by atoms with E-state index in [1.807, 2.05) is 32.9 Å². The van der Waals surface area contributed by atoms with E-state index >= 15 is 0 Å².